The molecule has 6 heteroatoms. The Morgan fingerprint density at radius 2 is 2.11 bits per heavy atom. The number of nitrogens with zero attached hydrogens (tertiary/aromatic N) is 2. The van der Waals surface area contributed by atoms with Crippen molar-refractivity contribution >= 4 is 5.91 Å². The number of morpholine rings is 1. The lowest BCUT2D eigenvalue weighted by molar-refractivity contribution is -0.134. The summed E-state index contributed by atoms with van der Waals surface area (Å²) in [5, 5.41) is 3.18. The van der Waals surface area contributed by atoms with Crippen molar-refractivity contribution in [3.63, 3.8) is 0 Å². The number of methoxy groups -OCH3 is 1. The maximum Gasteiger partial charge on any atom is 0.236 e. The number of rotatable bonds is 8. The van der Waals surface area contributed by atoms with Gasteiger partial charge in [0, 0.05) is 39.8 Å². The van der Waals surface area contributed by atoms with E-state index in [4.69, 9.17) is 9.47 Å². The predicted octanol–water partition coefficient (Wildman–Crippen LogP) is -0.987. The molecule has 0 aromatic rings. The molecule has 1 amide bonds. The predicted molar refractivity (Wildman–Crippen MR) is 69.6 cm³/mol. The quantitative estimate of drug-likeness (QED) is 0.568. The second-order valence-electron chi connectivity index (χ2n) is 4.47. The molecule has 0 radical (unpaired) electrons. The molecule has 1 saturated heterocycles. The molecule has 0 aromatic heterocycles. The Hall–Kier alpha value is -0.690. The molecule has 1 heterocycles. The highest BCUT2D eigenvalue weighted by Crippen LogP contribution is 1.96. The molecular formula is C12H25N3O3. The SMILES string of the molecule is COCCN(C)CCNCC(=O)N1CCOCC1. The van der Waals surface area contributed by atoms with E-state index in [0.717, 1.165) is 26.2 Å². The van der Waals surface area contributed by atoms with E-state index in [0.29, 0.717) is 32.8 Å². The first-order valence-corrected chi connectivity index (χ1v) is 6.47. The molecule has 0 bridgehead atoms. The summed E-state index contributed by atoms with van der Waals surface area (Å²) in [7, 11) is 3.75. The third kappa shape index (κ3) is 6.30. The van der Waals surface area contributed by atoms with Crippen molar-refractivity contribution in [2.45, 2.75) is 0 Å². The molecule has 0 aromatic carbocycles. The molecule has 1 fully saturated rings. The molecule has 0 spiro atoms. The summed E-state index contributed by atoms with van der Waals surface area (Å²) in [6.45, 7) is 6.55. The van der Waals surface area contributed by atoms with Gasteiger partial charge in [0.25, 0.3) is 0 Å². The Morgan fingerprint density at radius 3 is 2.78 bits per heavy atom. The van der Waals surface area contributed by atoms with E-state index >= 15 is 0 Å². The highest BCUT2D eigenvalue weighted by molar-refractivity contribution is 5.78. The number of nitrogens with one attached hydrogen (secondary N) is 1. The van der Waals surface area contributed by atoms with Gasteiger partial charge in [-0.2, -0.15) is 0 Å². The second kappa shape index (κ2) is 9.27. The van der Waals surface area contributed by atoms with Crippen LogP contribution in [0.2, 0.25) is 0 Å². The van der Waals surface area contributed by atoms with Gasteiger partial charge in [-0.05, 0) is 7.05 Å². The fourth-order valence-corrected chi connectivity index (χ4v) is 1.75. The molecular weight excluding hydrogens is 234 g/mol. The van der Waals surface area contributed by atoms with Crippen LogP contribution in [0, 0.1) is 0 Å². The van der Waals surface area contributed by atoms with Crippen molar-refractivity contribution in [3.05, 3.63) is 0 Å². The number of carbonyl (C=O) groups excluding carboxylic acids is 1. The summed E-state index contributed by atoms with van der Waals surface area (Å²) in [6.07, 6.45) is 0. The zero-order valence-electron chi connectivity index (χ0n) is 11.5. The van der Waals surface area contributed by atoms with Crippen LogP contribution in [0.15, 0.2) is 0 Å². The van der Waals surface area contributed by atoms with E-state index in [1.807, 2.05) is 11.9 Å². The lowest BCUT2D eigenvalue weighted by Crippen LogP contribution is -2.45. The Kier molecular flexibility index (Phi) is 7.91. The summed E-state index contributed by atoms with van der Waals surface area (Å²) in [5.74, 6) is 0.165. The second-order valence-corrected chi connectivity index (χ2v) is 4.47. The molecule has 18 heavy (non-hydrogen) atoms. The highest BCUT2D eigenvalue weighted by Gasteiger charge is 2.15. The Balaban J connectivity index is 2.01. The fourth-order valence-electron chi connectivity index (χ4n) is 1.75. The van der Waals surface area contributed by atoms with Crippen molar-refractivity contribution in [1.82, 2.24) is 15.1 Å². The van der Waals surface area contributed by atoms with Crippen LogP contribution in [-0.2, 0) is 14.3 Å². The average Bonchev–Trinajstić information content (AvgIpc) is 2.42. The minimum absolute atomic E-state index is 0.165. The van der Waals surface area contributed by atoms with Crippen LogP contribution < -0.4 is 5.32 Å². The molecule has 1 aliphatic rings. The van der Waals surface area contributed by atoms with Crippen LogP contribution >= 0.6 is 0 Å². The average molecular weight is 259 g/mol. The Morgan fingerprint density at radius 1 is 1.39 bits per heavy atom. The van der Waals surface area contributed by atoms with Gasteiger partial charge in [0.2, 0.25) is 5.91 Å². The fraction of sp³-hybridized carbons (Fsp3) is 0.917. The highest BCUT2D eigenvalue weighted by atomic mass is 16.5. The van der Waals surface area contributed by atoms with Gasteiger partial charge in [-0.15, -0.1) is 0 Å². The molecule has 1 N–H and O–H groups in total. The van der Waals surface area contributed by atoms with Crippen molar-refractivity contribution in [2.24, 2.45) is 0 Å². The minimum Gasteiger partial charge on any atom is -0.383 e. The molecule has 1 rings (SSSR count). The Bertz CT molecular complexity index is 233. The van der Waals surface area contributed by atoms with Gasteiger partial charge in [0.1, 0.15) is 0 Å². The topological polar surface area (TPSA) is 54.0 Å². The van der Waals surface area contributed by atoms with Crippen molar-refractivity contribution in [3.8, 4) is 0 Å². The summed E-state index contributed by atoms with van der Waals surface area (Å²) in [5.41, 5.74) is 0. The number of ether oxygens (including phenoxy) is 2. The van der Waals surface area contributed by atoms with Gasteiger partial charge in [0.05, 0.1) is 26.4 Å². The molecule has 0 atom stereocenters. The number of amides is 1. The van der Waals surface area contributed by atoms with Gasteiger partial charge < -0.3 is 24.6 Å². The zero-order chi connectivity index (χ0) is 13.2. The van der Waals surface area contributed by atoms with Crippen LogP contribution in [-0.4, -0.2) is 89.0 Å². The number of hydrogen-bond donors (Lipinski definition) is 1. The molecule has 1 aliphatic heterocycles. The van der Waals surface area contributed by atoms with Crippen LogP contribution in [0.3, 0.4) is 0 Å². The van der Waals surface area contributed by atoms with E-state index in [2.05, 4.69) is 10.2 Å². The van der Waals surface area contributed by atoms with Crippen LogP contribution in [0.5, 0.6) is 0 Å². The standard InChI is InChI=1S/C12H25N3O3/c1-14(5-8-17-2)4-3-13-11-12(16)15-6-9-18-10-7-15/h13H,3-11H2,1-2H3. The maximum absolute atomic E-state index is 11.8. The van der Waals surface area contributed by atoms with Gasteiger partial charge in [-0.3, -0.25) is 4.79 Å². The van der Waals surface area contributed by atoms with Crippen LogP contribution in [0.25, 0.3) is 0 Å². The van der Waals surface area contributed by atoms with Gasteiger partial charge in [0.15, 0.2) is 0 Å². The monoisotopic (exact) mass is 259 g/mol. The lowest BCUT2D eigenvalue weighted by atomic mass is 10.4. The largest absolute Gasteiger partial charge is 0.383 e. The normalized spacial score (nSPS) is 16.3. The summed E-state index contributed by atoms with van der Waals surface area (Å²) < 4.78 is 10.2. The van der Waals surface area contributed by atoms with Crippen molar-refractivity contribution in [2.75, 3.05) is 73.2 Å². The zero-order valence-corrected chi connectivity index (χ0v) is 11.5. The molecule has 6 nitrogen and oxygen atoms in total. The van der Waals surface area contributed by atoms with Gasteiger partial charge in [-0.25, -0.2) is 0 Å². The Labute approximate surface area is 109 Å². The van der Waals surface area contributed by atoms with E-state index < -0.39 is 0 Å². The van der Waals surface area contributed by atoms with Crippen LogP contribution in [0.1, 0.15) is 0 Å². The third-order valence-electron chi connectivity index (χ3n) is 2.99. The van der Waals surface area contributed by atoms with E-state index in [1.165, 1.54) is 0 Å². The maximum atomic E-state index is 11.8. The van der Waals surface area contributed by atoms with Gasteiger partial charge in [-0.1, -0.05) is 0 Å². The summed E-state index contributed by atoms with van der Waals surface area (Å²) in [4.78, 5) is 15.8. The summed E-state index contributed by atoms with van der Waals surface area (Å²) in [6, 6.07) is 0. The van der Waals surface area contributed by atoms with E-state index in [9.17, 15) is 4.79 Å². The first-order valence-electron chi connectivity index (χ1n) is 6.47. The van der Waals surface area contributed by atoms with Crippen molar-refractivity contribution in [1.29, 1.82) is 0 Å². The summed E-state index contributed by atoms with van der Waals surface area (Å²) >= 11 is 0. The minimum atomic E-state index is 0.165. The first-order chi connectivity index (χ1) is 8.74. The third-order valence-corrected chi connectivity index (χ3v) is 2.99. The van der Waals surface area contributed by atoms with E-state index in [-0.39, 0.29) is 5.91 Å². The van der Waals surface area contributed by atoms with Crippen molar-refractivity contribution < 1.29 is 14.3 Å². The first kappa shape index (κ1) is 15.4. The molecule has 0 saturated carbocycles. The van der Waals surface area contributed by atoms with E-state index in [1.54, 1.807) is 7.11 Å². The lowest BCUT2D eigenvalue weighted by Gasteiger charge is -2.27. The molecule has 106 valence electrons. The van der Waals surface area contributed by atoms with Gasteiger partial charge >= 0.3 is 0 Å². The van der Waals surface area contributed by atoms with Crippen LogP contribution in [0.4, 0.5) is 0 Å². The number of hydrogen-bond acceptors (Lipinski definition) is 5. The smallest absolute Gasteiger partial charge is 0.236 e. The number of carbonyl (C=O) groups is 1. The number of likely N-dealkylation sites (N-methyl/N-ethyl adjacent to an activating group) is 1. The molecule has 0 unspecified atom stereocenters. The molecule has 0 aliphatic carbocycles.